The fourth-order valence-corrected chi connectivity index (χ4v) is 0.550. The zero-order valence-corrected chi connectivity index (χ0v) is 6.31. The van der Waals surface area contributed by atoms with E-state index in [0.717, 1.165) is 6.34 Å². The molecule has 0 saturated heterocycles. The number of nitrogens with one attached hydrogen (secondary N) is 1. The minimum absolute atomic E-state index is 0.137. The fourth-order valence-electron chi connectivity index (χ4n) is 0.550. The Morgan fingerprint density at radius 3 is 2.08 bits per heavy atom. The Balaban J connectivity index is 0.000000354. The standard InChI is InChI=1S/C6H5NO2.CH4N2/c8-7(9)6-4-2-1-3-5-6;2-1-3/h1-5H;1H,(H3,2,3). The quantitative estimate of drug-likeness (QED) is 0.284. The van der Waals surface area contributed by atoms with Gasteiger partial charge in [0.2, 0.25) is 0 Å². The predicted octanol–water partition coefficient (Wildman–Crippen LogP) is 1.15. The van der Waals surface area contributed by atoms with Crippen LogP contribution in [0.25, 0.3) is 0 Å². The minimum atomic E-state index is -0.417. The van der Waals surface area contributed by atoms with Gasteiger partial charge in [-0.25, -0.2) is 0 Å². The average molecular weight is 167 g/mol. The van der Waals surface area contributed by atoms with Gasteiger partial charge < -0.3 is 5.73 Å². The molecule has 5 nitrogen and oxygen atoms in total. The summed E-state index contributed by atoms with van der Waals surface area (Å²) in [4.78, 5) is 9.59. The fraction of sp³-hybridized carbons (Fsp3) is 0. The summed E-state index contributed by atoms with van der Waals surface area (Å²) < 4.78 is 0. The topological polar surface area (TPSA) is 93.0 Å². The van der Waals surface area contributed by atoms with Crippen LogP contribution in [-0.2, 0) is 0 Å². The van der Waals surface area contributed by atoms with Gasteiger partial charge >= 0.3 is 0 Å². The van der Waals surface area contributed by atoms with Crippen LogP contribution in [-0.4, -0.2) is 11.3 Å². The lowest BCUT2D eigenvalue weighted by Crippen LogP contribution is -1.84. The highest BCUT2D eigenvalue weighted by Gasteiger charge is 1.98. The van der Waals surface area contributed by atoms with E-state index in [9.17, 15) is 10.1 Å². The molecule has 0 bridgehead atoms. The maximum absolute atomic E-state index is 10.0. The van der Waals surface area contributed by atoms with Crippen molar-refractivity contribution in [3.63, 3.8) is 0 Å². The maximum atomic E-state index is 10.0. The first kappa shape index (κ1) is 10.1. The van der Waals surface area contributed by atoms with Crippen LogP contribution < -0.4 is 5.73 Å². The van der Waals surface area contributed by atoms with E-state index in [1.165, 1.54) is 12.1 Å². The van der Waals surface area contributed by atoms with Gasteiger partial charge in [-0.15, -0.1) is 0 Å². The molecule has 0 unspecified atom stereocenters. The van der Waals surface area contributed by atoms with E-state index in [1.807, 2.05) is 0 Å². The Hall–Kier alpha value is -1.91. The Kier molecular flexibility index (Phi) is 4.91. The van der Waals surface area contributed by atoms with Gasteiger partial charge in [-0.05, 0) is 0 Å². The number of hydrogen-bond acceptors (Lipinski definition) is 3. The van der Waals surface area contributed by atoms with Crippen molar-refractivity contribution in [3.05, 3.63) is 40.4 Å². The Bertz CT molecular complexity index is 248. The number of nitro groups is 1. The van der Waals surface area contributed by atoms with Crippen LogP contribution in [0.5, 0.6) is 0 Å². The van der Waals surface area contributed by atoms with E-state index < -0.39 is 4.92 Å². The monoisotopic (exact) mass is 167 g/mol. The number of nitro benzene ring substituents is 1. The molecule has 0 spiro atoms. The highest BCUT2D eigenvalue weighted by Crippen LogP contribution is 2.06. The summed E-state index contributed by atoms with van der Waals surface area (Å²) in [6, 6.07) is 7.93. The van der Waals surface area contributed by atoms with Crippen molar-refractivity contribution < 1.29 is 4.92 Å². The third-order valence-electron chi connectivity index (χ3n) is 0.967. The lowest BCUT2D eigenvalue weighted by molar-refractivity contribution is -0.384. The molecule has 0 atom stereocenters. The van der Waals surface area contributed by atoms with Crippen LogP contribution in [0.1, 0.15) is 0 Å². The summed E-state index contributed by atoms with van der Waals surface area (Å²) in [5.74, 6) is 0. The lowest BCUT2D eigenvalue weighted by atomic mass is 10.3. The molecular formula is C7H9N3O2. The van der Waals surface area contributed by atoms with Gasteiger partial charge in [-0.1, -0.05) is 18.2 Å². The van der Waals surface area contributed by atoms with Crippen molar-refractivity contribution in [1.82, 2.24) is 0 Å². The molecular weight excluding hydrogens is 158 g/mol. The molecule has 0 aromatic heterocycles. The maximum Gasteiger partial charge on any atom is 0.269 e. The molecule has 0 radical (unpaired) electrons. The van der Waals surface area contributed by atoms with Crippen LogP contribution in [0.4, 0.5) is 5.69 Å². The second kappa shape index (κ2) is 5.84. The van der Waals surface area contributed by atoms with Gasteiger partial charge in [0.1, 0.15) is 0 Å². The second-order valence-electron chi connectivity index (χ2n) is 1.76. The average Bonchev–Trinajstić information content (AvgIpc) is 2.07. The zero-order valence-electron chi connectivity index (χ0n) is 6.31. The molecule has 0 aliphatic rings. The van der Waals surface area contributed by atoms with Crippen LogP contribution in [0.3, 0.4) is 0 Å². The summed E-state index contributed by atoms with van der Waals surface area (Å²) in [5.41, 5.74) is 4.53. The van der Waals surface area contributed by atoms with Crippen molar-refractivity contribution >= 4 is 12.0 Å². The van der Waals surface area contributed by atoms with E-state index in [1.54, 1.807) is 18.2 Å². The predicted molar refractivity (Wildman–Crippen MR) is 46.1 cm³/mol. The van der Waals surface area contributed by atoms with Crippen LogP contribution >= 0.6 is 0 Å². The zero-order chi connectivity index (χ0) is 9.40. The summed E-state index contributed by atoms with van der Waals surface area (Å²) >= 11 is 0. The summed E-state index contributed by atoms with van der Waals surface area (Å²) in [7, 11) is 0. The van der Waals surface area contributed by atoms with Gasteiger partial charge in [0, 0.05) is 12.1 Å². The largest absolute Gasteiger partial charge is 0.390 e. The van der Waals surface area contributed by atoms with Crippen molar-refractivity contribution in [2.75, 3.05) is 0 Å². The molecule has 0 saturated carbocycles. The summed E-state index contributed by atoms with van der Waals surface area (Å²) in [6.45, 7) is 0. The van der Waals surface area contributed by atoms with Gasteiger partial charge in [-0.2, -0.15) is 0 Å². The molecule has 0 fully saturated rings. The van der Waals surface area contributed by atoms with Gasteiger partial charge in [-0.3, -0.25) is 15.5 Å². The number of hydrogen-bond donors (Lipinski definition) is 2. The van der Waals surface area contributed by atoms with E-state index in [2.05, 4.69) is 5.73 Å². The van der Waals surface area contributed by atoms with E-state index in [-0.39, 0.29) is 5.69 Å². The van der Waals surface area contributed by atoms with Crippen molar-refractivity contribution in [2.24, 2.45) is 5.73 Å². The van der Waals surface area contributed by atoms with Gasteiger partial charge in [0.25, 0.3) is 5.69 Å². The number of nitrogens with two attached hydrogens (primary N) is 1. The highest BCUT2D eigenvalue weighted by atomic mass is 16.6. The molecule has 12 heavy (non-hydrogen) atoms. The lowest BCUT2D eigenvalue weighted by Gasteiger charge is -1.85. The number of para-hydroxylation sites is 1. The number of benzene rings is 1. The highest BCUT2D eigenvalue weighted by molar-refractivity contribution is 5.46. The number of rotatable bonds is 1. The molecule has 64 valence electrons. The molecule has 1 rings (SSSR count). The Morgan fingerprint density at radius 1 is 1.42 bits per heavy atom. The van der Waals surface area contributed by atoms with E-state index >= 15 is 0 Å². The molecule has 0 heterocycles. The first-order chi connectivity index (χ1) is 5.72. The third-order valence-corrected chi connectivity index (χ3v) is 0.967. The Morgan fingerprint density at radius 2 is 1.83 bits per heavy atom. The van der Waals surface area contributed by atoms with Crippen LogP contribution in [0, 0.1) is 15.5 Å². The van der Waals surface area contributed by atoms with Crippen LogP contribution in [0.15, 0.2) is 30.3 Å². The molecule has 0 aliphatic heterocycles. The SMILES string of the molecule is N=CN.O=[N+]([O-])c1ccccc1. The van der Waals surface area contributed by atoms with E-state index in [0.29, 0.717) is 0 Å². The molecule has 5 heteroatoms. The molecule has 1 aromatic carbocycles. The van der Waals surface area contributed by atoms with Gasteiger partial charge in [0.05, 0.1) is 11.3 Å². The number of nitrogens with zero attached hydrogens (tertiary/aromatic N) is 1. The molecule has 3 N–H and O–H groups in total. The number of non-ortho nitro benzene ring substituents is 1. The molecule has 0 aliphatic carbocycles. The molecule has 1 aromatic rings. The summed E-state index contributed by atoms with van der Waals surface area (Å²) in [5, 5.41) is 15.9. The first-order valence-corrected chi connectivity index (χ1v) is 3.12. The van der Waals surface area contributed by atoms with Crippen molar-refractivity contribution in [3.8, 4) is 0 Å². The van der Waals surface area contributed by atoms with Crippen molar-refractivity contribution in [1.29, 1.82) is 5.41 Å². The smallest absolute Gasteiger partial charge is 0.269 e. The Labute approximate surface area is 69.5 Å². The van der Waals surface area contributed by atoms with Gasteiger partial charge in [0.15, 0.2) is 0 Å². The molecule has 0 amide bonds. The van der Waals surface area contributed by atoms with Crippen LogP contribution in [0.2, 0.25) is 0 Å². The van der Waals surface area contributed by atoms with E-state index in [4.69, 9.17) is 5.41 Å². The summed E-state index contributed by atoms with van der Waals surface area (Å²) in [6.07, 6.45) is 0.750. The minimum Gasteiger partial charge on any atom is -0.390 e. The first-order valence-electron chi connectivity index (χ1n) is 3.12. The normalized spacial score (nSPS) is 7.67. The van der Waals surface area contributed by atoms with Crippen molar-refractivity contribution in [2.45, 2.75) is 0 Å². The third kappa shape index (κ3) is 3.99. The second-order valence-corrected chi connectivity index (χ2v) is 1.76.